The van der Waals surface area contributed by atoms with Crippen molar-refractivity contribution in [2.75, 3.05) is 18.2 Å². The van der Waals surface area contributed by atoms with Crippen LogP contribution in [0, 0.1) is 0 Å². The number of nitrogens with two attached hydrogens (primary N) is 1. The molecule has 0 aliphatic rings. The molecule has 0 saturated heterocycles. The number of halogens is 1. The highest BCUT2D eigenvalue weighted by atomic mass is 35.5. The first kappa shape index (κ1) is 15.2. The van der Waals surface area contributed by atoms with E-state index in [2.05, 4.69) is 12.2 Å². The maximum atomic E-state index is 12.3. The van der Waals surface area contributed by atoms with Crippen LogP contribution in [0.5, 0.6) is 5.75 Å². The Morgan fingerprint density at radius 2 is 1.95 bits per heavy atom. The summed E-state index contributed by atoms with van der Waals surface area (Å²) in [7, 11) is 1.50. The Morgan fingerprint density at radius 3 is 2.52 bits per heavy atom. The second-order valence-electron chi connectivity index (χ2n) is 4.58. The fourth-order valence-corrected chi connectivity index (χ4v) is 2.23. The molecule has 3 N–H and O–H groups in total. The Bertz CT molecular complexity index is 654. The molecule has 0 heterocycles. The van der Waals surface area contributed by atoms with Crippen molar-refractivity contribution in [3.63, 3.8) is 0 Å². The van der Waals surface area contributed by atoms with Gasteiger partial charge in [-0.15, -0.1) is 0 Å². The lowest BCUT2D eigenvalue weighted by atomic mass is 10.1. The van der Waals surface area contributed by atoms with Crippen LogP contribution in [0.15, 0.2) is 36.4 Å². The molecule has 4 nitrogen and oxygen atoms in total. The number of amides is 1. The molecule has 2 rings (SSSR count). The standard InChI is InChI=1S/C16H17ClN2O2/c1-3-10-4-6-11(7-5-10)16(20)19-15-13(17)8-12(18)9-14(15)21-2/h4-9H,3,18H2,1-2H3,(H,19,20). The Kier molecular flexibility index (Phi) is 4.70. The predicted molar refractivity (Wildman–Crippen MR) is 86.2 cm³/mol. The zero-order chi connectivity index (χ0) is 15.4. The molecule has 0 fully saturated rings. The van der Waals surface area contributed by atoms with Crippen molar-refractivity contribution in [3.8, 4) is 5.75 Å². The van der Waals surface area contributed by atoms with E-state index in [-0.39, 0.29) is 5.91 Å². The van der Waals surface area contributed by atoms with Crippen molar-refractivity contribution in [1.82, 2.24) is 0 Å². The number of aryl methyl sites for hydroxylation is 1. The molecule has 0 aliphatic carbocycles. The minimum atomic E-state index is -0.248. The van der Waals surface area contributed by atoms with E-state index in [1.54, 1.807) is 24.3 Å². The number of anilines is 2. The number of hydrogen-bond acceptors (Lipinski definition) is 3. The van der Waals surface area contributed by atoms with Crippen LogP contribution >= 0.6 is 11.6 Å². The number of carbonyl (C=O) groups excluding carboxylic acids is 1. The second kappa shape index (κ2) is 6.50. The molecule has 21 heavy (non-hydrogen) atoms. The summed E-state index contributed by atoms with van der Waals surface area (Å²) < 4.78 is 5.20. The van der Waals surface area contributed by atoms with Gasteiger partial charge in [-0.25, -0.2) is 0 Å². The third-order valence-electron chi connectivity index (χ3n) is 3.16. The summed E-state index contributed by atoms with van der Waals surface area (Å²) in [5.41, 5.74) is 8.32. The second-order valence-corrected chi connectivity index (χ2v) is 4.99. The molecule has 1 amide bonds. The lowest BCUT2D eigenvalue weighted by Gasteiger charge is -2.13. The Balaban J connectivity index is 2.26. The van der Waals surface area contributed by atoms with Crippen LogP contribution in [0.2, 0.25) is 5.02 Å². The fourth-order valence-electron chi connectivity index (χ4n) is 1.96. The summed E-state index contributed by atoms with van der Waals surface area (Å²) in [4.78, 5) is 12.3. The van der Waals surface area contributed by atoms with Gasteiger partial charge in [-0.1, -0.05) is 30.7 Å². The summed E-state index contributed by atoms with van der Waals surface area (Å²) in [5, 5.41) is 3.10. The van der Waals surface area contributed by atoms with Crippen LogP contribution in [0.1, 0.15) is 22.8 Å². The van der Waals surface area contributed by atoms with Crippen molar-refractivity contribution in [3.05, 3.63) is 52.5 Å². The highest BCUT2D eigenvalue weighted by Crippen LogP contribution is 2.35. The molecule has 5 heteroatoms. The number of nitrogen functional groups attached to an aromatic ring is 1. The molecule has 0 radical (unpaired) electrons. The van der Waals surface area contributed by atoms with Gasteiger partial charge in [0.15, 0.2) is 0 Å². The molecule has 2 aromatic rings. The lowest BCUT2D eigenvalue weighted by Crippen LogP contribution is -2.13. The Hall–Kier alpha value is -2.20. The third-order valence-corrected chi connectivity index (χ3v) is 3.46. The van der Waals surface area contributed by atoms with Gasteiger partial charge in [0, 0.05) is 17.3 Å². The zero-order valence-electron chi connectivity index (χ0n) is 11.9. The van der Waals surface area contributed by atoms with Crippen molar-refractivity contribution in [2.45, 2.75) is 13.3 Å². The molecule has 0 saturated carbocycles. The summed E-state index contributed by atoms with van der Waals surface area (Å²) in [6.07, 6.45) is 0.930. The normalized spacial score (nSPS) is 10.2. The molecule has 0 unspecified atom stereocenters. The van der Waals surface area contributed by atoms with Gasteiger partial charge in [0.05, 0.1) is 12.1 Å². The largest absolute Gasteiger partial charge is 0.494 e. The minimum Gasteiger partial charge on any atom is -0.494 e. The van der Waals surface area contributed by atoms with E-state index in [0.29, 0.717) is 27.7 Å². The highest BCUT2D eigenvalue weighted by molar-refractivity contribution is 6.34. The van der Waals surface area contributed by atoms with E-state index in [0.717, 1.165) is 6.42 Å². The van der Waals surface area contributed by atoms with Crippen LogP contribution in [0.25, 0.3) is 0 Å². The SMILES string of the molecule is CCc1ccc(C(=O)Nc2c(Cl)cc(N)cc2OC)cc1. The molecule has 2 aromatic carbocycles. The van der Waals surface area contributed by atoms with Crippen LogP contribution in [-0.2, 0) is 6.42 Å². The van der Waals surface area contributed by atoms with E-state index in [9.17, 15) is 4.79 Å². The van der Waals surface area contributed by atoms with Crippen LogP contribution < -0.4 is 15.8 Å². The van der Waals surface area contributed by atoms with Crippen LogP contribution in [-0.4, -0.2) is 13.0 Å². The van der Waals surface area contributed by atoms with E-state index in [1.165, 1.54) is 12.7 Å². The molecular formula is C16H17ClN2O2. The first-order valence-electron chi connectivity index (χ1n) is 6.58. The van der Waals surface area contributed by atoms with Crippen LogP contribution in [0.4, 0.5) is 11.4 Å². The van der Waals surface area contributed by atoms with Crippen molar-refractivity contribution in [1.29, 1.82) is 0 Å². The van der Waals surface area contributed by atoms with Gasteiger partial charge >= 0.3 is 0 Å². The highest BCUT2D eigenvalue weighted by Gasteiger charge is 2.14. The molecule has 0 aliphatic heterocycles. The molecule has 0 spiro atoms. The first-order valence-corrected chi connectivity index (χ1v) is 6.96. The van der Waals surface area contributed by atoms with E-state index in [1.807, 2.05) is 12.1 Å². The van der Waals surface area contributed by atoms with Crippen molar-refractivity contribution in [2.24, 2.45) is 0 Å². The maximum Gasteiger partial charge on any atom is 0.255 e. The first-order chi connectivity index (χ1) is 10.0. The number of methoxy groups -OCH3 is 1. The van der Waals surface area contributed by atoms with E-state index < -0.39 is 0 Å². The monoisotopic (exact) mass is 304 g/mol. The van der Waals surface area contributed by atoms with Crippen molar-refractivity contribution < 1.29 is 9.53 Å². The fraction of sp³-hybridized carbons (Fsp3) is 0.188. The van der Waals surface area contributed by atoms with E-state index in [4.69, 9.17) is 22.1 Å². The smallest absolute Gasteiger partial charge is 0.255 e. The minimum absolute atomic E-state index is 0.248. The van der Waals surface area contributed by atoms with Crippen molar-refractivity contribution >= 4 is 28.9 Å². The molecule has 110 valence electrons. The zero-order valence-corrected chi connectivity index (χ0v) is 12.7. The summed E-state index contributed by atoms with van der Waals surface area (Å²) in [5.74, 6) is 0.182. The van der Waals surface area contributed by atoms with Gasteiger partial charge in [-0.2, -0.15) is 0 Å². The van der Waals surface area contributed by atoms with Gasteiger partial charge in [0.2, 0.25) is 0 Å². The number of carbonyl (C=O) groups is 1. The summed E-state index contributed by atoms with van der Waals surface area (Å²) in [6.45, 7) is 2.06. The number of rotatable bonds is 4. The van der Waals surface area contributed by atoms with Gasteiger partial charge in [-0.3, -0.25) is 4.79 Å². The number of benzene rings is 2. The van der Waals surface area contributed by atoms with Gasteiger partial charge in [0.25, 0.3) is 5.91 Å². The lowest BCUT2D eigenvalue weighted by molar-refractivity contribution is 0.102. The quantitative estimate of drug-likeness (QED) is 0.846. The third kappa shape index (κ3) is 3.47. The van der Waals surface area contributed by atoms with E-state index >= 15 is 0 Å². The number of ether oxygens (including phenoxy) is 1. The Labute approximate surface area is 128 Å². The summed E-state index contributed by atoms with van der Waals surface area (Å²) in [6, 6.07) is 10.6. The number of hydrogen-bond donors (Lipinski definition) is 2. The van der Waals surface area contributed by atoms with Gasteiger partial charge in [0.1, 0.15) is 11.4 Å². The van der Waals surface area contributed by atoms with Crippen LogP contribution in [0.3, 0.4) is 0 Å². The van der Waals surface area contributed by atoms with Gasteiger partial charge < -0.3 is 15.8 Å². The molecule has 0 bridgehead atoms. The average molecular weight is 305 g/mol. The number of nitrogens with one attached hydrogen (secondary N) is 1. The average Bonchev–Trinajstić information content (AvgIpc) is 2.49. The molecule has 0 aromatic heterocycles. The predicted octanol–water partition coefficient (Wildman–Crippen LogP) is 3.75. The van der Waals surface area contributed by atoms with Gasteiger partial charge in [-0.05, 0) is 30.2 Å². The Morgan fingerprint density at radius 1 is 1.29 bits per heavy atom. The summed E-state index contributed by atoms with van der Waals surface area (Å²) >= 11 is 6.12. The molecule has 0 atom stereocenters. The topological polar surface area (TPSA) is 64.4 Å². The maximum absolute atomic E-state index is 12.3. The molecular weight excluding hydrogens is 288 g/mol.